The third-order valence-corrected chi connectivity index (χ3v) is 6.68. The summed E-state index contributed by atoms with van der Waals surface area (Å²) in [7, 11) is -1.51. The topological polar surface area (TPSA) is 69.4 Å². The van der Waals surface area contributed by atoms with Gasteiger partial charge in [-0.25, -0.2) is 0 Å². The Balaban J connectivity index is 2.32. The number of hydrogen-bond acceptors (Lipinski definition) is 4. The van der Waals surface area contributed by atoms with Crippen LogP contribution in [0.3, 0.4) is 0 Å². The highest BCUT2D eigenvalue weighted by Crippen LogP contribution is 2.32. The number of carbonyl (C=O) groups excluding carboxylic acids is 1. The van der Waals surface area contributed by atoms with E-state index in [0.717, 1.165) is 24.8 Å². The Kier molecular flexibility index (Phi) is 5.93. The van der Waals surface area contributed by atoms with E-state index >= 15 is 0 Å². The molecule has 24 heavy (non-hydrogen) atoms. The Morgan fingerprint density at radius 1 is 1.17 bits per heavy atom. The first kappa shape index (κ1) is 18.4. The fraction of sp³-hybridized carbons (Fsp3) is 0.500. The van der Waals surface area contributed by atoms with E-state index in [0.29, 0.717) is 12.8 Å². The smallest absolute Gasteiger partial charge is 0.306 e. The number of ether oxygens (including phenoxy) is 1. The summed E-state index contributed by atoms with van der Waals surface area (Å²) >= 11 is 0. The van der Waals surface area contributed by atoms with Gasteiger partial charge in [-0.1, -0.05) is 30.9 Å². The van der Waals surface area contributed by atoms with Crippen LogP contribution in [0.5, 0.6) is 0 Å². The largest absolute Gasteiger partial charge is 0.457 e. The minimum atomic E-state index is -1.51. The van der Waals surface area contributed by atoms with Crippen molar-refractivity contribution in [3.8, 4) is 0 Å². The summed E-state index contributed by atoms with van der Waals surface area (Å²) in [6, 6.07) is 6.34. The normalized spacial score (nSPS) is 22.2. The lowest BCUT2D eigenvalue weighted by Gasteiger charge is -2.27. The van der Waals surface area contributed by atoms with Gasteiger partial charge in [-0.3, -0.25) is 14.9 Å². The third-order valence-electron chi connectivity index (χ3n) is 4.34. The van der Waals surface area contributed by atoms with Crippen molar-refractivity contribution in [3.63, 3.8) is 0 Å². The van der Waals surface area contributed by atoms with E-state index in [1.54, 1.807) is 12.1 Å². The SMILES string of the molecule is C[Si](C)(C)/C1=C/CCCCC(=O)OC(c2ccc([N+](=O)[O-])cc2)C1. The lowest BCUT2D eigenvalue weighted by Crippen LogP contribution is -2.27. The van der Waals surface area contributed by atoms with Crippen LogP contribution >= 0.6 is 0 Å². The molecule has 1 atom stereocenters. The molecule has 0 aromatic heterocycles. The average Bonchev–Trinajstić information content (AvgIpc) is 2.51. The van der Waals surface area contributed by atoms with Crippen LogP contribution in [0.25, 0.3) is 0 Å². The molecular weight excluding hydrogens is 322 g/mol. The highest BCUT2D eigenvalue weighted by molar-refractivity contribution is 6.83. The van der Waals surface area contributed by atoms with Gasteiger partial charge in [-0.15, -0.1) is 0 Å². The van der Waals surface area contributed by atoms with Gasteiger partial charge in [0.1, 0.15) is 6.10 Å². The number of non-ortho nitro benzene ring substituents is 1. The molecule has 0 radical (unpaired) electrons. The molecule has 0 amide bonds. The van der Waals surface area contributed by atoms with Gasteiger partial charge >= 0.3 is 5.97 Å². The van der Waals surface area contributed by atoms with E-state index in [-0.39, 0.29) is 17.8 Å². The second kappa shape index (κ2) is 7.74. The van der Waals surface area contributed by atoms with E-state index in [4.69, 9.17) is 4.74 Å². The van der Waals surface area contributed by atoms with Gasteiger partial charge in [0.15, 0.2) is 0 Å². The number of cyclic esters (lactones) is 1. The minimum absolute atomic E-state index is 0.0471. The molecule has 6 heteroatoms. The highest BCUT2D eigenvalue weighted by atomic mass is 28.3. The van der Waals surface area contributed by atoms with Crippen LogP contribution in [0.2, 0.25) is 19.6 Å². The van der Waals surface area contributed by atoms with E-state index in [2.05, 4.69) is 25.7 Å². The summed E-state index contributed by atoms with van der Waals surface area (Å²) in [6.45, 7) is 6.87. The number of rotatable bonds is 3. The van der Waals surface area contributed by atoms with Gasteiger partial charge in [0.05, 0.1) is 13.0 Å². The fourth-order valence-corrected chi connectivity index (χ4v) is 4.40. The predicted octanol–water partition coefficient (Wildman–Crippen LogP) is 4.95. The molecule has 5 nitrogen and oxygen atoms in total. The first-order valence-corrected chi connectivity index (χ1v) is 11.9. The van der Waals surface area contributed by atoms with Crippen LogP contribution in [0.4, 0.5) is 5.69 Å². The van der Waals surface area contributed by atoms with Crippen molar-refractivity contribution in [1.82, 2.24) is 0 Å². The average molecular weight is 347 g/mol. The summed E-state index contributed by atoms with van der Waals surface area (Å²) in [5.74, 6) is -0.185. The predicted molar refractivity (Wildman–Crippen MR) is 96.4 cm³/mol. The number of carbonyl (C=O) groups is 1. The van der Waals surface area contributed by atoms with Crippen molar-refractivity contribution in [2.75, 3.05) is 0 Å². The third kappa shape index (κ3) is 5.02. The Hall–Kier alpha value is -1.95. The molecule has 0 saturated carbocycles. The van der Waals surface area contributed by atoms with Gasteiger partial charge < -0.3 is 4.74 Å². The standard InChI is InChI=1S/C18H25NO4Si/c1-24(2,3)16-7-5-4-6-8-18(20)23-17(13-16)14-9-11-15(12-10-14)19(21)22/h7,9-12,17H,4-6,8,13H2,1-3H3/b16-7+. The molecule has 1 heterocycles. The quantitative estimate of drug-likeness (QED) is 0.336. The number of hydrogen-bond donors (Lipinski definition) is 0. The zero-order valence-electron chi connectivity index (χ0n) is 14.6. The maximum atomic E-state index is 12.1. The van der Waals surface area contributed by atoms with E-state index in [1.165, 1.54) is 17.3 Å². The molecular formula is C18H25NO4Si. The lowest BCUT2D eigenvalue weighted by atomic mass is 10.0. The van der Waals surface area contributed by atoms with Crippen LogP contribution in [0.15, 0.2) is 35.5 Å². The number of benzene rings is 1. The van der Waals surface area contributed by atoms with E-state index < -0.39 is 13.0 Å². The van der Waals surface area contributed by atoms with E-state index in [1.807, 2.05) is 0 Å². The van der Waals surface area contributed by atoms with Gasteiger partial charge in [-0.2, -0.15) is 0 Å². The Morgan fingerprint density at radius 2 is 1.83 bits per heavy atom. The number of nitro groups is 1. The zero-order valence-corrected chi connectivity index (χ0v) is 15.6. The van der Waals surface area contributed by atoms with Crippen molar-refractivity contribution in [1.29, 1.82) is 0 Å². The Labute approximate surface area is 143 Å². The van der Waals surface area contributed by atoms with Gasteiger partial charge in [-0.05, 0) is 37.0 Å². The maximum absolute atomic E-state index is 12.1. The molecule has 1 unspecified atom stereocenters. The Bertz CT molecular complexity index is 631. The molecule has 0 fully saturated rings. The summed E-state index contributed by atoms with van der Waals surface area (Å²) in [5.41, 5.74) is 0.865. The van der Waals surface area contributed by atoms with Gasteiger partial charge in [0.2, 0.25) is 0 Å². The van der Waals surface area contributed by atoms with Crippen molar-refractivity contribution < 1.29 is 14.5 Å². The van der Waals surface area contributed by atoms with Crippen molar-refractivity contribution in [3.05, 3.63) is 51.2 Å². The van der Waals surface area contributed by atoms with Crippen LogP contribution < -0.4 is 0 Å². The molecule has 130 valence electrons. The summed E-state index contributed by atoms with van der Waals surface area (Å²) in [4.78, 5) is 22.5. The highest BCUT2D eigenvalue weighted by Gasteiger charge is 2.26. The molecule has 1 aromatic carbocycles. The summed E-state index contributed by atoms with van der Waals surface area (Å²) < 4.78 is 5.71. The molecule has 0 spiro atoms. The monoisotopic (exact) mass is 347 g/mol. The Morgan fingerprint density at radius 3 is 2.42 bits per heavy atom. The molecule has 0 aliphatic carbocycles. The van der Waals surface area contributed by atoms with Crippen molar-refractivity contribution >= 4 is 19.7 Å². The first-order valence-electron chi connectivity index (χ1n) is 8.41. The van der Waals surface area contributed by atoms with Gasteiger partial charge in [0, 0.05) is 25.0 Å². The minimum Gasteiger partial charge on any atom is -0.457 e. The van der Waals surface area contributed by atoms with Crippen LogP contribution in [-0.4, -0.2) is 19.0 Å². The number of nitro benzene ring substituents is 1. The molecule has 1 aliphatic heterocycles. The number of allylic oxidation sites excluding steroid dienone is 1. The molecule has 0 saturated heterocycles. The van der Waals surface area contributed by atoms with E-state index in [9.17, 15) is 14.9 Å². The maximum Gasteiger partial charge on any atom is 0.306 e. The van der Waals surface area contributed by atoms with Gasteiger partial charge in [0.25, 0.3) is 5.69 Å². The molecule has 2 rings (SSSR count). The number of esters is 1. The first-order chi connectivity index (χ1) is 11.3. The molecule has 1 aromatic rings. The molecule has 1 aliphatic rings. The second-order valence-electron chi connectivity index (χ2n) is 7.26. The summed E-state index contributed by atoms with van der Waals surface area (Å²) in [5, 5.41) is 12.2. The van der Waals surface area contributed by atoms with Crippen LogP contribution in [-0.2, 0) is 9.53 Å². The summed E-state index contributed by atoms with van der Waals surface area (Å²) in [6.07, 6.45) is 5.91. The zero-order chi connectivity index (χ0) is 17.7. The number of nitrogens with zero attached hydrogens (tertiary/aromatic N) is 1. The molecule has 0 N–H and O–H groups in total. The van der Waals surface area contributed by atoms with Crippen LogP contribution in [0, 0.1) is 10.1 Å². The van der Waals surface area contributed by atoms with Crippen LogP contribution in [0.1, 0.15) is 43.8 Å². The fourth-order valence-electron chi connectivity index (χ4n) is 2.84. The second-order valence-corrected chi connectivity index (χ2v) is 12.4. The van der Waals surface area contributed by atoms with Crippen molar-refractivity contribution in [2.45, 2.75) is 57.8 Å². The van der Waals surface area contributed by atoms with Crippen molar-refractivity contribution in [2.24, 2.45) is 0 Å². The molecule has 0 bridgehead atoms. The lowest BCUT2D eigenvalue weighted by molar-refractivity contribution is -0.384.